The van der Waals surface area contributed by atoms with E-state index in [1.54, 1.807) is 42.1 Å². The number of carbonyl (C=O) groups excluding carboxylic acids is 2. The van der Waals surface area contributed by atoms with Crippen LogP contribution in [-0.4, -0.2) is 28.2 Å². The van der Waals surface area contributed by atoms with Gasteiger partial charge >= 0.3 is 6.03 Å². The number of urea groups is 1. The highest BCUT2D eigenvalue weighted by Crippen LogP contribution is 2.08. The van der Waals surface area contributed by atoms with E-state index in [0.29, 0.717) is 5.69 Å². The van der Waals surface area contributed by atoms with Crippen LogP contribution in [0, 0.1) is 6.92 Å². The monoisotopic (exact) mass is 314 g/mol. The van der Waals surface area contributed by atoms with Crippen molar-refractivity contribution in [2.24, 2.45) is 0 Å². The summed E-state index contributed by atoms with van der Waals surface area (Å²) in [6.45, 7) is 1.94. The topological polar surface area (TPSA) is 103 Å². The van der Waals surface area contributed by atoms with Gasteiger partial charge in [-0.05, 0) is 30.7 Å². The number of nitrogens with zero attached hydrogens (tertiary/aromatic N) is 1. The number of carbonyl (C=O) groups is 2. The molecule has 0 aliphatic heterocycles. The van der Waals surface area contributed by atoms with Gasteiger partial charge < -0.3 is 10.6 Å². The predicted molar refractivity (Wildman–Crippen MR) is 85.0 cm³/mol. The molecule has 0 saturated carbocycles. The molecule has 1 aromatic heterocycles. The molecule has 0 spiro atoms. The number of hydrogen-bond donors (Lipinski definition) is 4. The first-order valence-electron chi connectivity index (χ1n) is 7.05. The highest BCUT2D eigenvalue weighted by Gasteiger charge is 2.21. The van der Waals surface area contributed by atoms with Crippen molar-refractivity contribution in [1.82, 2.24) is 15.8 Å². The number of anilines is 1. The molecule has 1 heterocycles. The fourth-order valence-electron chi connectivity index (χ4n) is 2.00. The lowest BCUT2D eigenvalue weighted by molar-refractivity contribution is -0.131. The van der Waals surface area contributed by atoms with Gasteiger partial charge in [0.1, 0.15) is 6.04 Å². The Bertz CT molecular complexity index is 659. The van der Waals surface area contributed by atoms with Crippen molar-refractivity contribution < 1.29 is 14.8 Å². The van der Waals surface area contributed by atoms with Crippen LogP contribution in [0.2, 0.25) is 0 Å². The normalized spacial score (nSPS) is 11.4. The Kier molecular flexibility index (Phi) is 5.65. The van der Waals surface area contributed by atoms with Gasteiger partial charge in [0.15, 0.2) is 0 Å². The van der Waals surface area contributed by atoms with Crippen LogP contribution in [0.25, 0.3) is 0 Å². The summed E-state index contributed by atoms with van der Waals surface area (Å²) in [6.07, 6.45) is 3.42. The fraction of sp³-hybridized carbons (Fsp3) is 0.188. The minimum Gasteiger partial charge on any atom is -0.326 e. The van der Waals surface area contributed by atoms with Crippen molar-refractivity contribution in [3.8, 4) is 0 Å². The van der Waals surface area contributed by atoms with Crippen molar-refractivity contribution in [2.75, 3.05) is 5.32 Å². The number of aromatic nitrogens is 1. The van der Waals surface area contributed by atoms with Crippen molar-refractivity contribution in [1.29, 1.82) is 0 Å². The Morgan fingerprint density at radius 2 is 1.96 bits per heavy atom. The van der Waals surface area contributed by atoms with Crippen LogP contribution in [0.3, 0.4) is 0 Å². The molecule has 7 heteroatoms. The standard InChI is InChI=1S/C16H18N4O3/c1-11-4-6-13(7-5-11)18-16(22)19-14(15(21)20-23)9-12-3-2-8-17-10-12/h2-8,10,14,23H,9H2,1H3,(H,20,21)(H2,18,19,22). The van der Waals surface area contributed by atoms with E-state index >= 15 is 0 Å². The van der Waals surface area contributed by atoms with E-state index in [2.05, 4.69) is 15.6 Å². The molecule has 0 radical (unpaired) electrons. The van der Waals surface area contributed by atoms with Crippen LogP contribution in [0.1, 0.15) is 11.1 Å². The van der Waals surface area contributed by atoms with Crippen LogP contribution in [0.15, 0.2) is 48.8 Å². The van der Waals surface area contributed by atoms with Gasteiger partial charge in [0.2, 0.25) is 0 Å². The molecule has 0 bridgehead atoms. The summed E-state index contributed by atoms with van der Waals surface area (Å²) in [5.74, 6) is -0.701. The average molecular weight is 314 g/mol. The van der Waals surface area contributed by atoms with Gasteiger partial charge in [0.05, 0.1) is 0 Å². The molecular weight excluding hydrogens is 296 g/mol. The Morgan fingerprint density at radius 1 is 1.22 bits per heavy atom. The highest BCUT2D eigenvalue weighted by molar-refractivity contribution is 5.93. The SMILES string of the molecule is Cc1ccc(NC(=O)NC(Cc2cccnc2)C(=O)NO)cc1. The van der Waals surface area contributed by atoms with Crippen LogP contribution >= 0.6 is 0 Å². The molecule has 23 heavy (non-hydrogen) atoms. The number of amides is 3. The van der Waals surface area contributed by atoms with Crippen molar-refractivity contribution >= 4 is 17.6 Å². The Morgan fingerprint density at radius 3 is 2.57 bits per heavy atom. The predicted octanol–water partition coefficient (Wildman–Crippen LogP) is 1.63. The molecule has 1 unspecified atom stereocenters. The minimum absolute atomic E-state index is 0.210. The largest absolute Gasteiger partial charge is 0.326 e. The third kappa shape index (κ3) is 5.08. The van der Waals surface area contributed by atoms with Gasteiger partial charge in [0.25, 0.3) is 5.91 Å². The molecular formula is C16H18N4O3. The maximum absolute atomic E-state index is 12.0. The number of rotatable bonds is 5. The van der Waals surface area contributed by atoms with Crippen molar-refractivity contribution in [3.63, 3.8) is 0 Å². The zero-order valence-electron chi connectivity index (χ0n) is 12.6. The molecule has 0 aliphatic rings. The lowest BCUT2D eigenvalue weighted by Crippen LogP contribution is -2.48. The summed E-state index contributed by atoms with van der Waals surface area (Å²) in [5, 5.41) is 14.0. The van der Waals surface area contributed by atoms with Gasteiger partial charge in [-0.3, -0.25) is 15.0 Å². The third-order valence-corrected chi connectivity index (χ3v) is 3.20. The van der Waals surface area contributed by atoms with Crippen LogP contribution in [-0.2, 0) is 11.2 Å². The summed E-state index contributed by atoms with van der Waals surface area (Å²) >= 11 is 0. The molecule has 2 rings (SSSR count). The van der Waals surface area contributed by atoms with Gasteiger partial charge in [-0.1, -0.05) is 23.8 Å². The van der Waals surface area contributed by atoms with Gasteiger partial charge in [-0.15, -0.1) is 0 Å². The second-order valence-electron chi connectivity index (χ2n) is 5.06. The molecule has 0 aliphatic carbocycles. The Balaban J connectivity index is 2.00. The number of hydrogen-bond acceptors (Lipinski definition) is 4. The zero-order valence-corrected chi connectivity index (χ0v) is 12.6. The summed E-state index contributed by atoms with van der Waals surface area (Å²) < 4.78 is 0. The molecule has 0 saturated heterocycles. The second-order valence-corrected chi connectivity index (χ2v) is 5.06. The molecule has 4 N–H and O–H groups in total. The van der Waals surface area contributed by atoms with E-state index in [1.165, 1.54) is 0 Å². The van der Waals surface area contributed by atoms with Gasteiger partial charge in [0, 0.05) is 24.5 Å². The maximum Gasteiger partial charge on any atom is 0.319 e. The highest BCUT2D eigenvalue weighted by atomic mass is 16.5. The molecule has 2 aromatic rings. The first-order chi connectivity index (χ1) is 11.1. The van der Waals surface area contributed by atoms with Crippen LogP contribution in [0.4, 0.5) is 10.5 Å². The van der Waals surface area contributed by atoms with E-state index in [4.69, 9.17) is 5.21 Å². The van der Waals surface area contributed by atoms with E-state index in [-0.39, 0.29) is 6.42 Å². The molecule has 1 aromatic carbocycles. The fourth-order valence-corrected chi connectivity index (χ4v) is 2.00. The smallest absolute Gasteiger partial charge is 0.319 e. The maximum atomic E-state index is 12.0. The summed E-state index contributed by atoms with van der Waals surface area (Å²) in [5.41, 5.74) is 4.00. The minimum atomic E-state index is -0.922. The lowest BCUT2D eigenvalue weighted by atomic mass is 10.1. The van der Waals surface area contributed by atoms with Crippen molar-refractivity contribution in [3.05, 3.63) is 59.9 Å². The zero-order chi connectivity index (χ0) is 16.7. The third-order valence-electron chi connectivity index (χ3n) is 3.20. The quantitative estimate of drug-likeness (QED) is 0.497. The van der Waals surface area contributed by atoms with E-state index in [0.717, 1.165) is 11.1 Å². The van der Waals surface area contributed by atoms with Gasteiger partial charge in [-0.2, -0.15) is 0 Å². The number of nitrogens with one attached hydrogen (secondary N) is 3. The number of benzene rings is 1. The summed E-state index contributed by atoms with van der Waals surface area (Å²) in [6, 6.07) is 9.31. The summed E-state index contributed by atoms with van der Waals surface area (Å²) in [4.78, 5) is 27.7. The first-order valence-corrected chi connectivity index (χ1v) is 7.05. The molecule has 7 nitrogen and oxygen atoms in total. The Labute approximate surface area is 133 Å². The average Bonchev–Trinajstić information content (AvgIpc) is 2.56. The molecule has 0 fully saturated rings. The Hall–Kier alpha value is -2.93. The van der Waals surface area contributed by atoms with Crippen molar-refractivity contribution in [2.45, 2.75) is 19.4 Å². The van der Waals surface area contributed by atoms with Crippen LogP contribution < -0.4 is 16.1 Å². The van der Waals surface area contributed by atoms with E-state index in [1.807, 2.05) is 19.1 Å². The number of pyridine rings is 1. The number of hydroxylamine groups is 1. The second kappa shape index (κ2) is 7.90. The van der Waals surface area contributed by atoms with Crippen LogP contribution in [0.5, 0.6) is 0 Å². The molecule has 1 atom stereocenters. The molecule has 120 valence electrons. The lowest BCUT2D eigenvalue weighted by Gasteiger charge is -2.17. The van der Waals surface area contributed by atoms with E-state index < -0.39 is 18.0 Å². The van der Waals surface area contributed by atoms with Gasteiger partial charge in [-0.25, -0.2) is 10.3 Å². The summed E-state index contributed by atoms with van der Waals surface area (Å²) in [7, 11) is 0. The number of aryl methyl sites for hydroxylation is 1. The first kappa shape index (κ1) is 16.4. The molecule has 3 amide bonds. The van der Waals surface area contributed by atoms with E-state index in [9.17, 15) is 9.59 Å².